The first-order valence-corrected chi connectivity index (χ1v) is 4.50. The van der Waals surface area contributed by atoms with Gasteiger partial charge in [-0.05, 0) is 32.1 Å². The maximum Gasteiger partial charge on any atom is 0.120 e. The number of aldehydes is 1. The minimum atomic E-state index is -1.23. The van der Waals surface area contributed by atoms with Crippen LogP contribution in [0, 0.1) is 11.8 Å². The highest BCUT2D eigenvalue weighted by atomic mass is 19.1. The molecular weight excluding hydrogens is 155 g/mol. The predicted octanol–water partition coefficient (Wildman–Crippen LogP) is 2.99. The molecule has 0 heterocycles. The second-order valence-electron chi connectivity index (χ2n) is 4.29. The molecule has 1 nitrogen and oxygen atoms in total. The van der Waals surface area contributed by atoms with Crippen molar-refractivity contribution in [3.63, 3.8) is 0 Å². The number of hydrogen-bond acceptors (Lipinski definition) is 1. The van der Waals surface area contributed by atoms with Gasteiger partial charge in [-0.15, -0.1) is 0 Å². The number of rotatable bonds is 5. The van der Waals surface area contributed by atoms with E-state index >= 15 is 0 Å². The highest BCUT2D eigenvalue weighted by Crippen LogP contribution is 2.29. The van der Waals surface area contributed by atoms with Gasteiger partial charge in [0.15, 0.2) is 0 Å². The molecule has 0 bridgehead atoms. The van der Waals surface area contributed by atoms with Gasteiger partial charge in [-0.2, -0.15) is 0 Å². The average molecular weight is 174 g/mol. The van der Waals surface area contributed by atoms with E-state index in [4.69, 9.17) is 0 Å². The van der Waals surface area contributed by atoms with Gasteiger partial charge < -0.3 is 4.79 Å². The molecule has 0 fully saturated rings. The van der Waals surface area contributed by atoms with Crippen LogP contribution >= 0.6 is 0 Å². The van der Waals surface area contributed by atoms with Crippen LogP contribution in [-0.4, -0.2) is 12.0 Å². The molecule has 72 valence electrons. The van der Waals surface area contributed by atoms with Crippen LogP contribution in [0.4, 0.5) is 4.39 Å². The van der Waals surface area contributed by atoms with Crippen molar-refractivity contribution in [3.05, 3.63) is 0 Å². The van der Waals surface area contributed by atoms with Crippen LogP contribution in [-0.2, 0) is 4.79 Å². The van der Waals surface area contributed by atoms with Crippen LogP contribution < -0.4 is 0 Å². The molecule has 12 heavy (non-hydrogen) atoms. The van der Waals surface area contributed by atoms with Crippen LogP contribution in [0.25, 0.3) is 0 Å². The Morgan fingerprint density at radius 3 is 2.17 bits per heavy atom. The van der Waals surface area contributed by atoms with Gasteiger partial charge in [0.05, 0.1) is 0 Å². The smallest absolute Gasteiger partial charge is 0.120 e. The van der Waals surface area contributed by atoms with Gasteiger partial charge in [0.1, 0.15) is 12.0 Å². The lowest BCUT2D eigenvalue weighted by Crippen LogP contribution is -2.27. The molecule has 0 saturated heterocycles. The van der Waals surface area contributed by atoms with Gasteiger partial charge in [0.25, 0.3) is 0 Å². The minimum absolute atomic E-state index is 0.130. The van der Waals surface area contributed by atoms with Crippen LogP contribution in [0.1, 0.15) is 40.5 Å². The number of carbonyl (C=O) groups excluding carboxylic acids is 1. The van der Waals surface area contributed by atoms with Crippen molar-refractivity contribution in [2.75, 3.05) is 0 Å². The van der Waals surface area contributed by atoms with E-state index in [1.54, 1.807) is 13.8 Å². The quantitative estimate of drug-likeness (QED) is 0.585. The van der Waals surface area contributed by atoms with Crippen LogP contribution in [0.5, 0.6) is 0 Å². The largest absolute Gasteiger partial charge is 0.303 e. The van der Waals surface area contributed by atoms with Gasteiger partial charge in [-0.25, -0.2) is 4.39 Å². The molecule has 0 aromatic carbocycles. The zero-order valence-electron chi connectivity index (χ0n) is 8.43. The Balaban J connectivity index is 4.13. The van der Waals surface area contributed by atoms with Crippen molar-refractivity contribution in [2.45, 2.75) is 46.2 Å². The summed E-state index contributed by atoms with van der Waals surface area (Å²) in [5.41, 5.74) is -1.23. The summed E-state index contributed by atoms with van der Waals surface area (Å²) in [6.45, 7) is 7.18. The second-order valence-corrected chi connectivity index (χ2v) is 4.29. The average Bonchev–Trinajstić information content (AvgIpc) is 1.83. The molecule has 0 aliphatic heterocycles. The van der Waals surface area contributed by atoms with Crippen LogP contribution in [0.3, 0.4) is 0 Å². The Morgan fingerprint density at radius 1 is 1.42 bits per heavy atom. The van der Waals surface area contributed by atoms with Gasteiger partial charge in [-0.3, -0.25) is 0 Å². The van der Waals surface area contributed by atoms with Gasteiger partial charge in [-0.1, -0.05) is 13.8 Å². The van der Waals surface area contributed by atoms with Crippen molar-refractivity contribution in [1.82, 2.24) is 0 Å². The van der Waals surface area contributed by atoms with Crippen LogP contribution in [0.15, 0.2) is 0 Å². The molecule has 0 spiro atoms. The van der Waals surface area contributed by atoms with E-state index in [0.717, 1.165) is 12.7 Å². The van der Waals surface area contributed by atoms with Crippen molar-refractivity contribution in [2.24, 2.45) is 11.8 Å². The molecule has 0 amide bonds. The predicted molar refractivity (Wildman–Crippen MR) is 48.8 cm³/mol. The summed E-state index contributed by atoms with van der Waals surface area (Å²) in [6, 6.07) is 0. The number of carbonyl (C=O) groups is 1. The standard InChI is InChI=1S/C10H19FO/c1-8(2)7-9(5-6-12)10(3,4)11/h6,8-9H,5,7H2,1-4H3. The molecular formula is C10H19FO. The van der Waals surface area contributed by atoms with Crippen molar-refractivity contribution in [1.29, 1.82) is 0 Å². The minimum Gasteiger partial charge on any atom is -0.303 e. The molecule has 1 unspecified atom stereocenters. The Hall–Kier alpha value is -0.400. The molecule has 0 aromatic heterocycles. The Morgan fingerprint density at radius 2 is 1.92 bits per heavy atom. The highest BCUT2D eigenvalue weighted by molar-refractivity contribution is 5.50. The number of alkyl halides is 1. The lowest BCUT2D eigenvalue weighted by Gasteiger charge is -2.26. The third kappa shape index (κ3) is 4.47. The molecule has 0 rings (SSSR count). The second kappa shape index (κ2) is 4.58. The van der Waals surface area contributed by atoms with E-state index in [0.29, 0.717) is 12.3 Å². The summed E-state index contributed by atoms with van der Waals surface area (Å²) >= 11 is 0. The fourth-order valence-corrected chi connectivity index (χ4v) is 1.34. The molecule has 0 radical (unpaired) electrons. The normalized spacial score (nSPS) is 14.8. The van der Waals surface area contributed by atoms with E-state index in [2.05, 4.69) is 0 Å². The third-order valence-electron chi connectivity index (χ3n) is 2.11. The van der Waals surface area contributed by atoms with Gasteiger partial charge in [0, 0.05) is 6.42 Å². The third-order valence-corrected chi connectivity index (χ3v) is 2.11. The zero-order valence-corrected chi connectivity index (χ0v) is 8.43. The summed E-state index contributed by atoms with van der Waals surface area (Å²) in [4.78, 5) is 10.3. The van der Waals surface area contributed by atoms with E-state index in [1.165, 1.54) is 0 Å². The Kier molecular flexibility index (Phi) is 4.43. The number of hydrogen-bond donors (Lipinski definition) is 0. The lowest BCUT2D eigenvalue weighted by atomic mass is 9.83. The summed E-state index contributed by atoms with van der Waals surface area (Å²) in [5.74, 6) is 0.319. The van der Waals surface area contributed by atoms with Crippen molar-refractivity contribution >= 4 is 6.29 Å². The fourth-order valence-electron chi connectivity index (χ4n) is 1.34. The molecule has 2 heteroatoms. The zero-order chi connectivity index (χ0) is 9.78. The van der Waals surface area contributed by atoms with Crippen molar-refractivity contribution in [3.8, 4) is 0 Å². The van der Waals surface area contributed by atoms with Gasteiger partial charge in [0.2, 0.25) is 0 Å². The first-order valence-electron chi connectivity index (χ1n) is 4.50. The summed E-state index contributed by atoms with van der Waals surface area (Å²) in [7, 11) is 0. The fraction of sp³-hybridized carbons (Fsp3) is 0.900. The number of halogens is 1. The molecule has 0 saturated carbocycles. The summed E-state index contributed by atoms with van der Waals surface area (Å²) in [6.07, 6.45) is 1.93. The Bertz CT molecular complexity index is 135. The molecule has 0 aliphatic rings. The molecule has 0 aliphatic carbocycles. The van der Waals surface area contributed by atoms with Crippen molar-refractivity contribution < 1.29 is 9.18 Å². The first kappa shape index (κ1) is 11.6. The topological polar surface area (TPSA) is 17.1 Å². The monoisotopic (exact) mass is 174 g/mol. The maximum absolute atomic E-state index is 13.4. The Labute approximate surface area is 74.4 Å². The molecule has 0 N–H and O–H groups in total. The van der Waals surface area contributed by atoms with E-state index in [1.807, 2.05) is 13.8 Å². The first-order chi connectivity index (χ1) is 5.38. The molecule has 0 aromatic rings. The summed E-state index contributed by atoms with van der Waals surface area (Å²) < 4.78 is 13.4. The summed E-state index contributed by atoms with van der Waals surface area (Å²) in [5, 5.41) is 0. The van der Waals surface area contributed by atoms with Gasteiger partial charge >= 0.3 is 0 Å². The van der Waals surface area contributed by atoms with E-state index < -0.39 is 5.67 Å². The highest BCUT2D eigenvalue weighted by Gasteiger charge is 2.28. The maximum atomic E-state index is 13.4. The lowest BCUT2D eigenvalue weighted by molar-refractivity contribution is -0.109. The van der Waals surface area contributed by atoms with E-state index in [-0.39, 0.29) is 5.92 Å². The SMILES string of the molecule is CC(C)CC(CC=O)C(C)(C)F. The van der Waals surface area contributed by atoms with E-state index in [9.17, 15) is 9.18 Å². The molecule has 1 atom stereocenters. The van der Waals surface area contributed by atoms with Crippen LogP contribution in [0.2, 0.25) is 0 Å².